The third kappa shape index (κ3) is 39.6. The van der Waals surface area contributed by atoms with Crippen LogP contribution >= 0.6 is 0 Å². The quantitative estimate of drug-likeness (QED) is 0.0215. The van der Waals surface area contributed by atoms with Crippen LogP contribution in [-0.4, -0.2) is 110 Å². The van der Waals surface area contributed by atoms with Crippen molar-refractivity contribution in [2.45, 2.75) is 351 Å². The number of nitrogens with one attached hydrogen (secondary N) is 1. The Morgan fingerprint density at radius 3 is 1.22 bits per heavy atom. The molecule has 1 saturated heterocycles. The van der Waals surface area contributed by atoms with Gasteiger partial charge in [-0.2, -0.15) is 0 Å². The second-order valence-electron chi connectivity index (χ2n) is 22.1. The van der Waals surface area contributed by atoms with Gasteiger partial charge >= 0.3 is 0 Å². The Labute approximate surface area is 448 Å². The average Bonchev–Trinajstić information content (AvgIpc) is 3.39. The number of ether oxygens (including phenoxy) is 2. The van der Waals surface area contributed by atoms with Crippen LogP contribution in [0, 0.1) is 0 Å². The predicted octanol–water partition coefficient (Wildman–Crippen LogP) is 13.7. The number of carbonyl (C=O) groups excluding carboxylic acids is 1. The highest BCUT2D eigenvalue weighted by molar-refractivity contribution is 5.80. The summed E-state index contributed by atoms with van der Waals surface area (Å²) >= 11 is 0. The maximum Gasteiger partial charge on any atom is 0.249 e. The SMILES string of the molecule is CCCCCCCCCCCCCCCCC/C=C\C/C=C\CCCCCCCCCCCCCCCCCCC(O)C(=O)NC(COC1OC(CO)C(O)C(O)C1O)C(O)C(O)CCCCCCCCCC. The molecule has 1 aliphatic rings. The Morgan fingerprint density at radius 1 is 0.479 bits per heavy atom. The summed E-state index contributed by atoms with van der Waals surface area (Å²) in [4.78, 5) is 13.1. The van der Waals surface area contributed by atoms with Gasteiger partial charge in [-0.05, 0) is 44.9 Å². The zero-order valence-corrected chi connectivity index (χ0v) is 47.4. The summed E-state index contributed by atoms with van der Waals surface area (Å²) in [6.07, 6.45) is 51.7. The zero-order chi connectivity index (χ0) is 53.3. The summed E-state index contributed by atoms with van der Waals surface area (Å²) in [5.74, 6) is -0.696. The van der Waals surface area contributed by atoms with E-state index in [0.717, 1.165) is 44.9 Å². The van der Waals surface area contributed by atoms with Gasteiger partial charge < -0.3 is 50.5 Å². The number of hydrogen-bond acceptors (Lipinski definition) is 10. The third-order valence-corrected chi connectivity index (χ3v) is 15.3. The molecule has 9 atom stereocenters. The van der Waals surface area contributed by atoms with E-state index < -0.39 is 74.2 Å². The lowest BCUT2D eigenvalue weighted by molar-refractivity contribution is -0.303. The Balaban J connectivity index is 2.06. The number of carbonyl (C=O) groups is 1. The molecule has 1 aliphatic heterocycles. The van der Waals surface area contributed by atoms with Crippen molar-refractivity contribution in [3.63, 3.8) is 0 Å². The van der Waals surface area contributed by atoms with E-state index >= 15 is 0 Å². The topological polar surface area (TPSA) is 189 Å². The molecule has 0 aromatic carbocycles. The Morgan fingerprint density at radius 2 is 0.836 bits per heavy atom. The number of unbranched alkanes of at least 4 members (excludes halogenated alkanes) is 38. The molecule has 0 radical (unpaired) electrons. The molecule has 8 N–H and O–H groups in total. The summed E-state index contributed by atoms with van der Waals surface area (Å²) in [5.41, 5.74) is 0. The molecule has 0 aromatic heterocycles. The highest BCUT2D eigenvalue weighted by Gasteiger charge is 2.44. The van der Waals surface area contributed by atoms with E-state index in [4.69, 9.17) is 9.47 Å². The first-order valence-corrected chi connectivity index (χ1v) is 31.2. The second-order valence-corrected chi connectivity index (χ2v) is 22.1. The van der Waals surface area contributed by atoms with Gasteiger partial charge in [-0.15, -0.1) is 0 Å². The van der Waals surface area contributed by atoms with Crippen molar-refractivity contribution in [2.75, 3.05) is 13.2 Å². The lowest BCUT2D eigenvalue weighted by Gasteiger charge is -2.40. The lowest BCUT2D eigenvalue weighted by Crippen LogP contribution is -2.60. The minimum Gasteiger partial charge on any atom is -0.394 e. The van der Waals surface area contributed by atoms with Gasteiger partial charge in [-0.1, -0.05) is 276 Å². The average molecular weight is 1040 g/mol. The van der Waals surface area contributed by atoms with Crippen molar-refractivity contribution >= 4 is 5.91 Å². The normalized spacial score (nSPS) is 20.0. The van der Waals surface area contributed by atoms with E-state index in [-0.39, 0.29) is 6.42 Å². The Kier molecular flexibility index (Phi) is 49.0. The molecule has 1 amide bonds. The molecule has 9 unspecified atom stereocenters. The third-order valence-electron chi connectivity index (χ3n) is 15.3. The van der Waals surface area contributed by atoms with Crippen molar-refractivity contribution in [3.05, 3.63) is 24.3 Å². The second kappa shape index (κ2) is 51.4. The first-order chi connectivity index (χ1) is 35.7. The van der Waals surface area contributed by atoms with Gasteiger partial charge in [0.15, 0.2) is 6.29 Å². The monoisotopic (exact) mass is 1040 g/mol. The van der Waals surface area contributed by atoms with Crippen molar-refractivity contribution in [3.8, 4) is 0 Å². The summed E-state index contributed by atoms with van der Waals surface area (Å²) in [7, 11) is 0. The largest absolute Gasteiger partial charge is 0.394 e. The Hall–Kier alpha value is -1.41. The minimum absolute atomic E-state index is 0.262. The molecular formula is C62H119NO10. The minimum atomic E-state index is -1.66. The van der Waals surface area contributed by atoms with Crippen LogP contribution in [0.25, 0.3) is 0 Å². The lowest BCUT2D eigenvalue weighted by atomic mass is 9.98. The van der Waals surface area contributed by atoms with Crippen LogP contribution in [0.15, 0.2) is 24.3 Å². The van der Waals surface area contributed by atoms with E-state index in [0.29, 0.717) is 19.3 Å². The molecule has 0 spiro atoms. The smallest absolute Gasteiger partial charge is 0.249 e. The van der Waals surface area contributed by atoms with Crippen LogP contribution < -0.4 is 5.32 Å². The van der Waals surface area contributed by atoms with E-state index in [1.54, 1.807) is 0 Å². The standard InChI is InChI=1S/C62H119NO10/c1-3-5-7-9-11-13-14-15-16-17-18-19-20-21-22-23-24-25-26-27-28-29-30-31-32-33-34-35-36-37-38-39-40-41-42-44-46-48-50-55(66)61(71)63-53(52-72-62-60(70)59(69)58(68)56(51-64)73-62)57(67)54(65)49-47-45-43-12-10-8-6-4-2/h24-25,27-28,53-60,62,64-70H,3-23,26,29-52H2,1-2H3,(H,63,71)/b25-24-,28-27-. The van der Waals surface area contributed by atoms with Gasteiger partial charge in [0.25, 0.3) is 0 Å². The molecule has 0 aliphatic carbocycles. The highest BCUT2D eigenvalue weighted by Crippen LogP contribution is 2.24. The van der Waals surface area contributed by atoms with E-state index in [1.807, 2.05) is 0 Å². The number of hydrogen-bond donors (Lipinski definition) is 8. The van der Waals surface area contributed by atoms with E-state index in [1.165, 1.54) is 212 Å². The van der Waals surface area contributed by atoms with E-state index in [9.17, 15) is 40.5 Å². The zero-order valence-electron chi connectivity index (χ0n) is 47.4. The molecule has 1 heterocycles. The van der Waals surface area contributed by atoms with Crippen molar-refractivity contribution in [1.29, 1.82) is 0 Å². The number of allylic oxidation sites excluding steroid dienone is 4. The number of amides is 1. The van der Waals surface area contributed by atoms with Gasteiger partial charge in [-0.25, -0.2) is 0 Å². The first-order valence-electron chi connectivity index (χ1n) is 31.2. The highest BCUT2D eigenvalue weighted by atomic mass is 16.7. The van der Waals surface area contributed by atoms with Crippen LogP contribution in [0.3, 0.4) is 0 Å². The molecule has 11 nitrogen and oxygen atoms in total. The first kappa shape index (κ1) is 69.6. The number of rotatable bonds is 54. The van der Waals surface area contributed by atoms with Crippen LogP contribution in [-0.2, 0) is 14.3 Å². The van der Waals surface area contributed by atoms with Crippen LogP contribution in [0.2, 0.25) is 0 Å². The van der Waals surface area contributed by atoms with Gasteiger partial charge in [-0.3, -0.25) is 4.79 Å². The van der Waals surface area contributed by atoms with Crippen LogP contribution in [0.4, 0.5) is 0 Å². The van der Waals surface area contributed by atoms with Crippen LogP contribution in [0.5, 0.6) is 0 Å². The molecule has 432 valence electrons. The van der Waals surface area contributed by atoms with Crippen molar-refractivity contribution in [2.24, 2.45) is 0 Å². The fourth-order valence-corrected chi connectivity index (χ4v) is 10.2. The van der Waals surface area contributed by atoms with Crippen LogP contribution in [0.1, 0.15) is 296 Å². The van der Waals surface area contributed by atoms with Gasteiger partial charge in [0.05, 0.1) is 25.4 Å². The maximum absolute atomic E-state index is 13.1. The number of aliphatic hydroxyl groups excluding tert-OH is 7. The summed E-state index contributed by atoms with van der Waals surface area (Å²) < 4.78 is 11.1. The molecule has 11 heteroatoms. The molecule has 1 fully saturated rings. The fraction of sp³-hybridized carbons (Fsp3) is 0.919. The predicted molar refractivity (Wildman–Crippen MR) is 302 cm³/mol. The molecular weight excluding hydrogens is 919 g/mol. The summed E-state index contributed by atoms with van der Waals surface area (Å²) in [6, 6.07) is -1.16. The van der Waals surface area contributed by atoms with E-state index in [2.05, 4.69) is 43.5 Å². The fourth-order valence-electron chi connectivity index (χ4n) is 10.2. The van der Waals surface area contributed by atoms with Gasteiger partial charge in [0, 0.05) is 0 Å². The summed E-state index contributed by atoms with van der Waals surface area (Å²) in [6.45, 7) is 3.43. The molecule has 0 saturated carbocycles. The van der Waals surface area contributed by atoms with Gasteiger partial charge in [0.2, 0.25) is 5.91 Å². The maximum atomic E-state index is 13.1. The molecule has 73 heavy (non-hydrogen) atoms. The molecule has 0 bridgehead atoms. The Bertz CT molecular complexity index is 1240. The van der Waals surface area contributed by atoms with Crippen molar-refractivity contribution in [1.82, 2.24) is 5.32 Å². The molecule has 1 rings (SSSR count). The molecule has 0 aromatic rings. The van der Waals surface area contributed by atoms with Gasteiger partial charge in [0.1, 0.15) is 36.6 Å². The van der Waals surface area contributed by atoms with Crippen molar-refractivity contribution < 1.29 is 50.0 Å². The number of aliphatic hydroxyl groups is 7. The summed E-state index contributed by atoms with van der Waals surface area (Å²) in [5, 5.41) is 75.7.